The molecule has 0 aliphatic heterocycles. The van der Waals surface area contributed by atoms with Crippen molar-refractivity contribution in [1.82, 2.24) is 15.2 Å². The average Bonchev–Trinajstić information content (AvgIpc) is 3.43. The van der Waals surface area contributed by atoms with Crippen LogP contribution in [-0.2, 0) is 11.2 Å². The molecule has 0 radical (unpaired) electrons. The van der Waals surface area contributed by atoms with E-state index in [0.717, 1.165) is 27.8 Å². The summed E-state index contributed by atoms with van der Waals surface area (Å²) in [6.45, 7) is 1.88. The number of rotatable bonds is 6. The van der Waals surface area contributed by atoms with Gasteiger partial charge in [0.2, 0.25) is 5.91 Å². The van der Waals surface area contributed by atoms with E-state index in [4.69, 9.17) is 9.15 Å². The number of thiazole rings is 1. The number of para-hydroxylation sites is 1. The van der Waals surface area contributed by atoms with Crippen LogP contribution in [0.4, 0.5) is 5.82 Å². The quantitative estimate of drug-likeness (QED) is 0.509. The van der Waals surface area contributed by atoms with Crippen molar-refractivity contribution in [3.8, 4) is 27.8 Å². The molecule has 3 heterocycles. The Kier molecular flexibility index (Phi) is 4.94. The Hall–Kier alpha value is -3.39. The summed E-state index contributed by atoms with van der Waals surface area (Å²) in [5, 5.41) is 12.5. The Morgan fingerprint density at radius 3 is 2.93 bits per heavy atom. The van der Waals surface area contributed by atoms with E-state index in [2.05, 4.69) is 20.5 Å². The molecule has 0 bridgehead atoms. The summed E-state index contributed by atoms with van der Waals surface area (Å²) in [5.74, 6) is 2.53. The zero-order chi connectivity index (χ0) is 19.5. The maximum atomic E-state index is 12.4. The van der Waals surface area contributed by atoms with Gasteiger partial charge in [0, 0.05) is 17.0 Å². The van der Waals surface area contributed by atoms with Gasteiger partial charge in [-0.25, -0.2) is 4.98 Å². The summed E-state index contributed by atoms with van der Waals surface area (Å²) in [7, 11) is 1.62. The van der Waals surface area contributed by atoms with E-state index in [1.54, 1.807) is 13.2 Å². The molecule has 3 aromatic heterocycles. The molecular weight excluding hydrogens is 376 g/mol. The topological polar surface area (TPSA) is 93.0 Å². The Balaban J connectivity index is 1.42. The first-order valence-corrected chi connectivity index (χ1v) is 9.50. The van der Waals surface area contributed by atoms with Gasteiger partial charge < -0.3 is 14.5 Å². The number of aromatic nitrogens is 3. The van der Waals surface area contributed by atoms with Gasteiger partial charge in [-0.2, -0.15) is 5.10 Å². The highest BCUT2D eigenvalue weighted by Crippen LogP contribution is 2.29. The predicted octanol–water partition coefficient (Wildman–Crippen LogP) is 4.29. The highest BCUT2D eigenvalue weighted by molar-refractivity contribution is 7.13. The third-order valence-electron chi connectivity index (χ3n) is 4.09. The second kappa shape index (κ2) is 7.69. The van der Waals surface area contributed by atoms with Gasteiger partial charge >= 0.3 is 0 Å². The number of H-pyrrole nitrogens is 1. The number of aryl methyl sites for hydroxylation is 1. The number of ether oxygens (including phenoxy) is 1. The molecule has 8 heteroatoms. The van der Waals surface area contributed by atoms with Crippen molar-refractivity contribution in [3.63, 3.8) is 0 Å². The SMILES string of the molecule is COc1ccccc1-c1cc(NC(=O)Cc2csc(-c3ccc(C)o3)n2)n[nH]1. The fourth-order valence-corrected chi connectivity index (χ4v) is 3.57. The van der Waals surface area contributed by atoms with Gasteiger partial charge in [0.1, 0.15) is 11.5 Å². The monoisotopic (exact) mass is 394 g/mol. The fourth-order valence-electron chi connectivity index (χ4n) is 2.79. The number of hydrogen-bond donors (Lipinski definition) is 2. The minimum atomic E-state index is -0.189. The molecule has 0 fully saturated rings. The molecule has 4 aromatic rings. The van der Waals surface area contributed by atoms with Crippen molar-refractivity contribution in [1.29, 1.82) is 0 Å². The van der Waals surface area contributed by atoms with Crippen LogP contribution in [-0.4, -0.2) is 28.2 Å². The van der Waals surface area contributed by atoms with E-state index in [0.29, 0.717) is 17.3 Å². The van der Waals surface area contributed by atoms with Crippen LogP contribution in [0.5, 0.6) is 5.75 Å². The lowest BCUT2D eigenvalue weighted by Gasteiger charge is -2.05. The number of aromatic amines is 1. The Morgan fingerprint density at radius 2 is 2.14 bits per heavy atom. The minimum Gasteiger partial charge on any atom is -0.496 e. The predicted molar refractivity (Wildman–Crippen MR) is 107 cm³/mol. The van der Waals surface area contributed by atoms with E-state index in [1.807, 2.05) is 48.7 Å². The Labute approximate surface area is 165 Å². The van der Waals surface area contributed by atoms with Crippen molar-refractivity contribution in [2.24, 2.45) is 0 Å². The molecule has 0 spiro atoms. The average molecular weight is 394 g/mol. The molecule has 7 nitrogen and oxygen atoms in total. The van der Waals surface area contributed by atoms with Gasteiger partial charge in [-0.1, -0.05) is 12.1 Å². The van der Waals surface area contributed by atoms with E-state index in [9.17, 15) is 4.79 Å². The molecule has 0 saturated carbocycles. The van der Waals surface area contributed by atoms with Crippen molar-refractivity contribution in [3.05, 3.63) is 59.3 Å². The molecule has 28 heavy (non-hydrogen) atoms. The second-order valence-electron chi connectivity index (χ2n) is 6.15. The highest BCUT2D eigenvalue weighted by atomic mass is 32.1. The van der Waals surface area contributed by atoms with Crippen LogP contribution in [0.1, 0.15) is 11.5 Å². The smallest absolute Gasteiger partial charge is 0.231 e. The largest absolute Gasteiger partial charge is 0.496 e. The van der Waals surface area contributed by atoms with Crippen LogP contribution in [0.15, 0.2) is 52.3 Å². The highest BCUT2D eigenvalue weighted by Gasteiger charge is 2.14. The zero-order valence-electron chi connectivity index (χ0n) is 15.4. The lowest BCUT2D eigenvalue weighted by atomic mass is 10.1. The van der Waals surface area contributed by atoms with Gasteiger partial charge in [0.15, 0.2) is 16.6 Å². The van der Waals surface area contributed by atoms with E-state index < -0.39 is 0 Å². The zero-order valence-corrected chi connectivity index (χ0v) is 16.2. The van der Waals surface area contributed by atoms with Gasteiger partial charge in [-0.05, 0) is 31.2 Å². The second-order valence-corrected chi connectivity index (χ2v) is 7.00. The number of amides is 1. The number of carbonyl (C=O) groups is 1. The van der Waals surface area contributed by atoms with Gasteiger partial charge in [0.25, 0.3) is 0 Å². The van der Waals surface area contributed by atoms with E-state index in [-0.39, 0.29) is 12.3 Å². The molecule has 142 valence electrons. The number of anilines is 1. The van der Waals surface area contributed by atoms with Gasteiger partial charge in [-0.3, -0.25) is 9.89 Å². The lowest BCUT2D eigenvalue weighted by molar-refractivity contribution is -0.115. The summed E-state index contributed by atoms with van der Waals surface area (Å²) in [5.41, 5.74) is 2.32. The summed E-state index contributed by atoms with van der Waals surface area (Å²) in [6, 6.07) is 13.1. The minimum absolute atomic E-state index is 0.160. The maximum Gasteiger partial charge on any atom is 0.231 e. The Bertz CT molecular complexity index is 1110. The summed E-state index contributed by atoms with van der Waals surface area (Å²) in [4.78, 5) is 16.8. The number of benzene rings is 1. The van der Waals surface area contributed by atoms with Crippen LogP contribution in [0.2, 0.25) is 0 Å². The molecule has 0 aliphatic rings. The number of nitrogens with zero attached hydrogens (tertiary/aromatic N) is 2. The third-order valence-corrected chi connectivity index (χ3v) is 4.99. The van der Waals surface area contributed by atoms with Crippen molar-refractivity contribution < 1.29 is 13.9 Å². The number of carbonyl (C=O) groups excluding carboxylic acids is 1. The van der Waals surface area contributed by atoms with Crippen LogP contribution in [0, 0.1) is 6.92 Å². The normalized spacial score (nSPS) is 10.8. The summed E-state index contributed by atoms with van der Waals surface area (Å²) >= 11 is 1.45. The maximum absolute atomic E-state index is 12.4. The molecule has 1 amide bonds. The van der Waals surface area contributed by atoms with E-state index >= 15 is 0 Å². The molecule has 0 saturated heterocycles. The number of methoxy groups -OCH3 is 1. The first-order chi connectivity index (χ1) is 13.6. The molecular formula is C20H18N4O3S. The standard InChI is InChI=1S/C20H18N4O3S/c1-12-7-8-17(27-12)20-21-13(11-28-20)9-19(25)22-18-10-15(23-24-18)14-5-3-4-6-16(14)26-2/h3-8,10-11H,9H2,1-2H3,(H2,22,23,24,25). The van der Waals surface area contributed by atoms with Crippen LogP contribution in [0.3, 0.4) is 0 Å². The molecule has 0 unspecified atom stereocenters. The van der Waals surface area contributed by atoms with Crippen molar-refractivity contribution >= 4 is 23.1 Å². The molecule has 1 aromatic carbocycles. The molecule has 2 N–H and O–H groups in total. The van der Waals surface area contributed by atoms with Gasteiger partial charge in [0.05, 0.1) is 24.9 Å². The molecule has 0 aliphatic carbocycles. The Morgan fingerprint density at radius 1 is 1.29 bits per heavy atom. The van der Waals surface area contributed by atoms with Gasteiger partial charge in [-0.15, -0.1) is 11.3 Å². The summed E-state index contributed by atoms with van der Waals surface area (Å²) < 4.78 is 10.9. The number of nitrogens with one attached hydrogen (secondary N) is 2. The van der Waals surface area contributed by atoms with E-state index in [1.165, 1.54) is 11.3 Å². The van der Waals surface area contributed by atoms with Crippen LogP contribution in [0.25, 0.3) is 22.0 Å². The fraction of sp³-hybridized carbons (Fsp3) is 0.150. The number of hydrogen-bond acceptors (Lipinski definition) is 6. The lowest BCUT2D eigenvalue weighted by Crippen LogP contribution is -2.14. The number of furan rings is 1. The molecule has 0 atom stereocenters. The first-order valence-electron chi connectivity index (χ1n) is 8.62. The van der Waals surface area contributed by atoms with Crippen molar-refractivity contribution in [2.45, 2.75) is 13.3 Å². The first kappa shape index (κ1) is 18.0. The van der Waals surface area contributed by atoms with Crippen molar-refractivity contribution in [2.75, 3.05) is 12.4 Å². The molecule has 4 rings (SSSR count). The third kappa shape index (κ3) is 3.81. The van der Waals surface area contributed by atoms with Crippen LogP contribution >= 0.6 is 11.3 Å². The summed E-state index contributed by atoms with van der Waals surface area (Å²) in [6.07, 6.45) is 0.160. The van der Waals surface area contributed by atoms with Crippen LogP contribution < -0.4 is 10.1 Å².